The molecule has 0 amide bonds. The molecule has 0 aromatic heterocycles. The number of esters is 1. The fraction of sp³-hybridized carbons (Fsp3) is 0.833. The monoisotopic (exact) mass is 891 g/mol. The van der Waals surface area contributed by atoms with Gasteiger partial charge in [-0.3, -0.25) is 4.79 Å². The minimum Gasteiger partial charge on any atom is -0.457 e. The molecule has 6 atom stereocenters. The zero-order valence-corrected chi connectivity index (χ0v) is 40.6. The van der Waals surface area contributed by atoms with Crippen LogP contribution in [0.2, 0.25) is 0 Å². The number of hydrogen-bond donors (Lipinski definition) is 4. The Morgan fingerprint density at radius 2 is 0.921 bits per heavy atom. The molecular weight excluding hydrogens is 793 g/mol. The summed E-state index contributed by atoms with van der Waals surface area (Å²) in [7, 11) is 0. The van der Waals surface area contributed by atoms with Crippen LogP contribution in [0.3, 0.4) is 0 Å². The zero-order valence-electron chi connectivity index (χ0n) is 40.6. The Kier molecular flexibility index (Phi) is 42.6. The normalized spacial score (nSPS) is 20.0. The number of carbonyl (C=O) groups excluding carboxylic acids is 1. The molecule has 4 N–H and O–H groups in total. The lowest BCUT2D eigenvalue weighted by Gasteiger charge is -2.39. The number of rotatable bonds is 45. The highest BCUT2D eigenvalue weighted by Gasteiger charge is 2.44. The summed E-state index contributed by atoms with van der Waals surface area (Å²) in [5.74, 6) is -0.321. The third kappa shape index (κ3) is 36.0. The topological polar surface area (TPSA) is 135 Å². The lowest BCUT2D eigenvalue weighted by atomic mass is 9.99. The number of aliphatic hydroxyl groups is 4. The van der Waals surface area contributed by atoms with E-state index in [2.05, 4.69) is 62.5 Å². The van der Waals surface area contributed by atoms with Crippen LogP contribution in [-0.2, 0) is 23.7 Å². The molecule has 0 aromatic rings. The van der Waals surface area contributed by atoms with Gasteiger partial charge in [-0.2, -0.15) is 0 Å². The molecule has 0 aromatic carbocycles. The lowest BCUT2D eigenvalue weighted by Crippen LogP contribution is -2.59. The Bertz CT molecular complexity index is 1100. The molecule has 6 unspecified atom stereocenters. The number of aliphatic hydroxyl groups excluding tert-OH is 4. The van der Waals surface area contributed by atoms with Crippen LogP contribution in [0, 0.1) is 0 Å². The zero-order chi connectivity index (χ0) is 45.7. The van der Waals surface area contributed by atoms with Crippen molar-refractivity contribution in [3.8, 4) is 0 Å². The number of ether oxygens (including phenoxy) is 4. The fourth-order valence-electron chi connectivity index (χ4n) is 7.85. The van der Waals surface area contributed by atoms with Crippen LogP contribution in [0.5, 0.6) is 0 Å². The quantitative estimate of drug-likeness (QED) is 0.0268. The highest BCUT2D eigenvalue weighted by molar-refractivity contribution is 5.69. The van der Waals surface area contributed by atoms with Crippen LogP contribution < -0.4 is 0 Å². The lowest BCUT2D eigenvalue weighted by molar-refractivity contribution is -0.305. The Morgan fingerprint density at radius 1 is 0.508 bits per heavy atom. The Hall–Kier alpha value is -1.85. The summed E-state index contributed by atoms with van der Waals surface area (Å²) in [5, 5.41) is 40.3. The summed E-state index contributed by atoms with van der Waals surface area (Å²) in [6.07, 6.45) is 50.0. The van der Waals surface area contributed by atoms with Gasteiger partial charge in [0.2, 0.25) is 0 Å². The molecule has 1 saturated heterocycles. The molecule has 0 radical (unpaired) electrons. The van der Waals surface area contributed by atoms with E-state index in [1.165, 1.54) is 148 Å². The van der Waals surface area contributed by atoms with Crippen LogP contribution in [0.1, 0.15) is 226 Å². The van der Waals surface area contributed by atoms with Crippen molar-refractivity contribution < 1.29 is 44.2 Å². The van der Waals surface area contributed by atoms with Crippen molar-refractivity contribution >= 4 is 5.97 Å². The summed E-state index contributed by atoms with van der Waals surface area (Å²) in [6.45, 7) is 4.54. The van der Waals surface area contributed by atoms with Gasteiger partial charge in [0.05, 0.1) is 19.8 Å². The van der Waals surface area contributed by atoms with Gasteiger partial charge in [-0.15, -0.1) is 0 Å². The van der Waals surface area contributed by atoms with Gasteiger partial charge >= 0.3 is 5.97 Å². The average molecular weight is 891 g/mol. The average Bonchev–Trinajstić information content (AvgIpc) is 3.28. The summed E-state index contributed by atoms with van der Waals surface area (Å²) >= 11 is 0. The van der Waals surface area contributed by atoms with E-state index in [1.807, 2.05) is 0 Å². The maximum Gasteiger partial charge on any atom is 0.306 e. The highest BCUT2D eigenvalue weighted by Crippen LogP contribution is 2.23. The summed E-state index contributed by atoms with van der Waals surface area (Å²) in [4.78, 5) is 12.8. The Morgan fingerprint density at radius 3 is 1.40 bits per heavy atom. The molecule has 0 saturated carbocycles. The molecule has 9 heteroatoms. The minimum absolute atomic E-state index is 0.119. The van der Waals surface area contributed by atoms with E-state index < -0.39 is 43.4 Å². The molecule has 0 spiro atoms. The second-order valence-electron chi connectivity index (χ2n) is 18.0. The third-order valence-corrected chi connectivity index (χ3v) is 12.0. The largest absolute Gasteiger partial charge is 0.457 e. The molecule has 1 aliphatic heterocycles. The van der Waals surface area contributed by atoms with Crippen molar-refractivity contribution in [3.05, 3.63) is 48.6 Å². The smallest absolute Gasteiger partial charge is 0.306 e. The SMILES string of the molecule is CCCCCCC/C=C\C/C=C\C/C=C\CCCCCCCCCOCC(COC1OC(CO)C(O)C(O)C1O)OC(=O)CCCCCCCCC/C=C\CCCCCCCCC. The molecule has 63 heavy (non-hydrogen) atoms. The second kappa shape index (κ2) is 45.3. The van der Waals surface area contributed by atoms with Gasteiger partial charge in [-0.25, -0.2) is 0 Å². The summed E-state index contributed by atoms with van der Waals surface area (Å²) < 4.78 is 22.9. The van der Waals surface area contributed by atoms with Crippen molar-refractivity contribution in [1.29, 1.82) is 0 Å². The summed E-state index contributed by atoms with van der Waals surface area (Å²) in [6, 6.07) is 0. The van der Waals surface area contributed by atoms with Crippen LogP contribution in [0.15, 0.2) is 48.6 Å². The van der Waals surface area contributed by atoms with Gasteiger partial charge in [-0.05, 0) is 77.0 Å². The van der Waals surface area contributed by atoms with Gasteiger partial charge < -0.3 is 39.4 Å². The molecule has 1 heterocycles. The maximum atomic E-state index is 12.8. The first-order chi connectivity index (χ1) is 30.9. The Balaban J connectivity index is 2.22. The van der Waals surface area contributed by atoms with E-state index in [0.717, 1.165) is 57.8 Å². The Labute approximate surface area is 386 Å². The molecule has 1 rings (SSSR count). The van der Waals surface area contributed by atoms with Crippen molar-refractivity contribution in [2.24, 2.45) is 0 Å². The standard InChI is InChI=1S/C54H98O9/c1-3-5-7-9-11-13-15-17-19-21-23-24-25-26-28-30-32-34-36-38-40-42-44-60-46-48(47-61-54-53(59)52(58)51(57)49(45-55)63-54)62-50(56)43-41-39-37-35-33-31-29-27-22-20-18-16-14-12-10-8-6-4-2/h15,17,20-23,25-26,48-49,51-55,57-59H,3-14,16,18-19,24,27-47H2,1-2H3/b17-15-,22-20-,23-21-,26-25-. The highest BCUT2D eigenvalue weighted by atomic mass is 16.7. The van der Waals surface area contributed by atoms with E-state index in [1.54, 1.807) is 0 Å². The van der Waals surface area contributed by atoms with Crippen LogP contribution >= 0.6 is 0 Å². The van der Waals surface area contributed by atoms with Crippen molar-refractivity contribution in [1.82, 2.24) is 0 Å². The van der Waals surface area contributed by atoms with Crippen LogP contribution in [-0.4, -0.2) is 89.6 Å². The van der Waals surface area contributed by atoms with E-state index in [-0.39, 0.29) is 19.2 Å². The first-order valence-corrected chi connectivity index (χ1v) is 26.2. The van der Waals surface area contributed by atoms with Crippen LogP contribution in [0.4, 0.5) is 0 Å². The molecule has 9 nitrogen and oxygen atoms in total. The van der Waals surface area contributed by atoms with Gasteiger partial charge in [0.1, 0.15) is 30.5 Å². The first-order valence-electron chi connectivity index (χ1n) is 26.2. The molecule has 0 aliphatic carbocycles. The van der Waals surface area contributed by atoms with E-state index in [0.29, 0.717) is 13.0 Å². The number of unbranched alkanes of at least 4 members (excludes halogenated alkanes) is 26. The molecule has 1 aliphatic rings. The van der Waals surface area contributed by atoms with Crippen molar-refractivity contribution in [3.63, 3.8) is 0 Å². The van der Waals surface area contributed by atoms with Gasteiger partial charge in [0.25, 0.3) is 0 Å². The molecule has 1 fully saturated rings. The maximum absolute atomic E-state index is 12.8. The first kappa shape index (κ1) is 59.2. The van der Waals surface area contributed by atoms with Crippen LogP contribution in [0.25, 0.3) is 0 Å². The van der Waals surface area contributed by atoms with Gasteiger partial charge in [0, 0.05) is 13.0 Å². The molecular formula is C54H98O9. The number of hydrogen-bond acceptors (Lipinski definition) is 9. The second-order valence-corrected chi connectivity index (χ2v) is 18.0. The van der Waals surface area contributed by atoms with Gasteiger partial charge in [0.15, 0.2) is 6.29 Å². The predicted molar refractivity (Wildman–Crippen MR) is 261 cm³/mol. The van der Waals surface area contributed by atoms with Crippen molar-refractivity contribution in [2.45, 2.75) is 263 Å². The third-order valence-electron chi connectivity index (χ3n) is 12.0. The van der Waals surface area contributed by atoms with E-state index >= 15 is 0 Å². The molecule has 368 valence electrons. The van der Waals surface area contributed by atoms with E-state index in [4.69, 9.17) is 18.9 Å². The van der Waals surface area contributed by atoms with E-state index in [9.17, 15) is 25.2 Å². The number of allylic oxidation sites excluding steroid dienone is 8. The fourth-order valence-corrected chi connectivity index (χ4v) is 7.85. The van der Waals surface area contributed by atoms with Crippen molar-refractivity contribution in [2.75, 3.05) is 26.4 Å². The molecule has 0 bridgehead atoms. The minimum atomic E-state index is -1.54. The summed E-state index contributed by atoms with van der Waals surface area (Å²) in [5.41, 5.74) is 0. The van der Waals surface area contributed by atoms with Gasteiger partial charge in [-0.1, -0.05) is 191 Å². The number of carbonyl (C=O) groups is 1. The predicted octanol–water partition coefficient (Wildman–Crippen LogP) is 12.9.